The van der Waals surface area contributed by atoms with Crippen molar-refractivity contribution in [1.82, 2.24) is 9.97 Å². The predicted molar refractivity (Wildman–Crippen MR) is 97.8 cm³/mol. The second kappa shape index (κ2) is 7.63. The topological polar surface area (TPSA) is 76.1 Å². The number of rotatable bonds is 5. The van der Waals surface area contributed by atoms with Crippen LogP contribution in [0.5, 0.6) is 0 Å². The van der Waals surface area contributed by atoms with E-state index in [4.69, 9.17) is 16.3 Å². The van der Waals surface area contributed by atoms with E-state index < -0.39 is 5.97 Å². The largest absolute Gasteiger partial charge is 0.465 e. The van der Waals surface area contributed by atoms with Gasteiger partial charge < -0.3 is 15.4 Å². The molecule has 0 aliphatic rings. The highest BCUT2D eigenvalue weighted by Crippen LogP contribution is 2.21. The first-order valence-corrected chi connectivity index (χ1v) is 7.82. The third-order valence-corrected chi connectivity index (χ3v) is 3.59. The standard InChI is InChI=1S/C18H15ClN4O2/c1-25-18(24)12-3-2-4-15(9-12)23-17-10-16(20-11-21-17)22-14-7-5-13(19)6-8-14/h2-11H,1H3,(H2,20,21,22,23). The van der Waals surface area contributed by atoms with Crippen LogP contribution in [0.1, 0.15) is 10.4 Å². The summed E-state index contributed by atoms with van der Waals surface area (Å²) in [7, 11) is 1.35. The van der Waals surface area contributed by atoms with Crippen LogP contribution in [0, 0.1) is 0 Å². The van der Waals surface area contributed by atoms with Crippen molar-refractivity contribution in [1.29, 1.82) is 0 Å². The number of hydrogen-bond donors (Lipinski definition) is 2. The van der Waals surface area contributed by atoms with E-state index in [1.54, 1.807) is 36.4 Å². The minimum atomic E-state index is -0.392. The summed E-state index contributed by atoms with van der Waals surface area (Å²) in [6.45, 7) is 0. The summed E-state index contributed by atoms with van der Waals surface area (Å²) in [4.78, 5) is 20.0. The summed E-state index contributed by atoms with van der Waals surface area (Å²) in [5.41, 5.74) is 2.04. The van der Waals surface area contributed by atoms with Gasteiger partial charge in [0.15, 0.2) is 0 Å². The molecular weight excluding hydrogens is 340 g/mol. The molecule has 0 atom stereocenters. The van der Waals surface area contributed by atoms with Crippen molar-refractivity contribution in [3.63, 3.8) is 0 Å². The fraction of sp³-hybridized carbons (Fsp3) is 0.0556. The normalized spacial score (nSPS) is 10.2. The molecule has 0 bridgehead atoms. The van der Waals surface area contributed by atoms with Gasteiger partial charge in [-0.05, 0) is 42.5 Å². The second-order valence-corrected chi connectivity index (χ2v) is 5.55. The zero-order chi connectivity index (χ0) is 17.6. The van der Waals surface area contributed by atoms with Crippen molar-refractivity contribution in [2.75, 3.05) is 17.7 Å². The summed E-state index contributed by atoms with van der Waals surface area (Å²) in [6.07, 6.45) is 1.45. The maximum atomic E-state index is 11.6. The van der Waals surface area contributed by atoms with Gasteiger partial charge in [-0.15, -0.1) is 0 Å². The van der Waals surface area contributed by atoms with E-state index in [1.165, 1.54) is 13.4 Å². The van der Waals surface area contributed by atoms with E-state index >= 15 is 0 Å². The van der Waals surface area contributed by atoms with Gasteiger partial charge in [-0.2, -0.15) is 0 Å². The van der Waals surface area contributed by atoms with E-state index in [0.717, 1.165) is 11.4 Å². The molecule has 1 heterocycles. The zero-order valence-electron chi connectivity index (χ0n) is 13.4. The molecule has 2 aromatic carbocycles. The van der Waals surface area contributed by atoms with E-state index in [2.05, 4.69) is 20.6 Å². The number of anilines is 4. The molecule has 0 radical (unpaired) electrons. The lowest BCUT2D eigenvalue weighted by Crippen LogP contribution is -2.02. The number of hydrogen-bond acceptors (Lipinski definition) is 6. The van der Waals surface area contributed by atoms with Crippen LogP contribution in [0.2, 0.25) is 5.02 Å². The molecule has 0 fully saturated rings. The molecule has 0 unspecified atom stereocenters. The SMILES string of the molecule is COC(=O)c1cccc(Nc2cc(Nc3ccc(Cl)cc3)ncn2)c1. The Labute approximate surface area is 149 Å². The van der Waals surface area contributed by atoms with Crippen molar-refractivity contribution in [2.45, 2.75) is 0 Å². The van der Waals surface area contributed by atoms with Crippen molar-refractivity contribution in [3.8, 4) is 0 Å². The predicted octanol–water partition coefficient (Wildman–Crippen LogP) is 4.40. The molecule has 3 aromatic rings. The molecule has 25 heavy (non-hydrogen) atoms. The number of esters is 1. The molecule has 0 amide bonds. The molecule has 7 heteroatoms. The van der Waals surface area contributed by atoms with Gasteiger partial charge in [-0.25, -0.2) is 14.8 Å². The summed E-state index contributed by atoms with van der Waals surface area (Å²) >= 11 is 5.88. The summed E-state index contributed by atoms with van der Waals surface area (Å²) < 4.78 is 4.72. The number of nitrogens with zero attached hydrogens (tertiary/aromatic N) is 2. The van der Waals surface area contributed by atoms with Crippen LogP contribution in [0.3, 0.4) is 0 Å². The van der Waals surface area contributed by atoms with Gasteiger partial charge >= 0.3 is 5.97 Å². The molecule has 1 aromatic heterocycles. The average molecular weight is 355 g/mol. The second-order valence-electron chi connectivity index (χ2n) is 5.12. The fourth-order valence-electron chi connectivity index (χ4n) is 2.16. The third kappa shape index (κ3) is 4.45. The van der Waals surface area contributed by atoms with Gasteiger partial charge in [0, 0.05) is 22.5 Å². The maximum absolute atomic E-state index is 11.6. The van der Waals surface area contributed by atoms with Crippen LogP contribution in [0.4, 0.5) is 23.0 Å². The van der Waals surface area contributed by atoms with Crippen molar-refractivity contribution in [2.24, 2.45) is 0 Å². The fourth-order valence-corrected chi connectivity index (χ4v) is 2.29. The number of aromatic nitrogens is 2. The average Bonchev–Trinajstić information content (AvgIpc) is 2.63. The van der Waals surface area contributed by atoms with Gasteiger partial charge in [0.1, 0.15) is 18.0 Å². The smallest absolute Gasteiger partial charge is 0.337 e. The Morgan fingerprint density at radius 3 is 2.32 bits per heavy atom. The van der Waals surface area contributed by atoms with E-state index in [0.29, 0.717) is 22.2 Å². The first kappa shape index (κ1) is 16.7. The maximum Gasteiger partial charge on any atom is 0.337 e. The van der Waals surface area contributed by atoms with Gasteiger partial charge in [-0.3, -0.25) is 0 Å². The number of benzene rings is 2. The number of ether oxygens (including phenoxy) is 1. The molecule has 0 aliphatic heterocycles. The van der Waals surface area contributed by atoms with Crippen LogP contribution in [-0.2, 0) is 4.74 Å². The highest BCUT2D eigenvalue weighted by Gasteiger charge is 2.06. The Bertz CT molecular complexity index is 884. The molecular formula is C18H15ClN4O2. The lowest BCUT2D eigenvalue weighted by molar-refractivity contribution is 0.0601. The van der Waals surface area contributed by atoms with Gasteiger partial charge in [0.05, 0.1) is 12.7 Å². The monoisotopic (exact) mass is 354 g/mol. The quantitative estimate of drug-likeness (QED) is 0.661. The first-order chi connectivity index (χ1) is 12.1. The Morgan fingerprint density at radius 2 is 1.64 bits per heavy atom. The number of nitrogens with one attached hydrogen (secondary N) is 2. The van der Waals surface area contributed by atoms with Crippen LogP contribution < -0.4 is 10.6 Å². The Morgan fingerprint density at radius 1 is 0.960 bits per heavy atom. The van der Waals surface area contributed by atoms with Crippen molar-refractivity contribution >= 4 is 40.6 Å². The lowest BCUT2D eigenvalue weighted by Gasteiger charge is -2.09. The number of carbonyl (C=O) groups is 1. The Balaban J connectivity index is 1.75. The minimum Gasteiger partial charge on any atom is -0.465 e. The summed E-state index contributed by atoms with van der Waals surface area (Å²) in [6, 6.07) is 16.0. The minimum absolute atomic E-state index is 0.392. The first-order valence-electron chi connectivity index (χ1n) is 7.44. The zero-order valence-corrected chi connectivity index (χ0v) is 14.1. The highest BCUT2D eigenvalue weighted by molar-refractivity contribution is 6.30. The molecule has 0 saturated carbocycles. The molecule has 0 spiro atoms. The van der Waals surface area contributed by atoms with Crippen molar-refractivity contribution < 1.29 is 9.53 Å². The number of methoxy groups -OCH3 is 1. The molecule has 0 aliphatic carbocycles. The third-order valence-electron chi connectivity index (χ3n) is 3.34. The van der Waals surface area contributed by atoms with Crippen LogP contribution in [-0.4, -0.2) is 23.0 Å². The van der Waals surface area contributed by atoms with E-state index in [9.17, 15) is 4.79 Å². The number of carbonyl (C=O) groups excluding carboxylic acids is 1. The highest BCUT2D eigenvalue weighted by atomic mass is 35.5. The summed E-state index contributed by atoms with van der Waals surface area (Å²) in [5.74, 6) is 0.828. The lowest BCUT2D eigenvalue weighted by atomic mass is 10.2. The summed E-state index contributed by atoms with van der Waals surface area (Å²) in [5, 5.41) is 6.98. The van der Waals surface area contributed by atoms with Crippen LogP contribution >= 0.6 is 11.6 Å². The molecule has 3 rings (SSSR count). The van der Waals surface area contributed by atoms with Gasteiger partial charge in [0.25, 0.3) is 0 Å². The molecule has 6 nitrogen and oxygen atoms in total. The van der Waals surface area contributed by atoms with Crippen LogP contribution in [0.25, 0.3) is 0 Å². The van der Waals surface area contributed by atoms with E-state index in [1.807, 2.05) is 18.2 Å². The molecule has 2 N–H and O–H groups in total. The van der Waals surface area contributed by atoms with Gasteiger partial charge in [0.2, 0.25) is 0 Å². The molecule has 126 valence electrons. The molecule has 0 saturated heterocycles. The van der Waals surface area contributed by atoms with Crippen LogP contribution in [0.15, 0.2) is 60.9 Å². The van der Waals surface area contributed by atoms with Gasteiger partial charge in [-0.1, -0.05) is 17.7 Å². The Kier molecular flexibility index (Phi) is 5.11. The van der Waals surface area contributed by atoms with E-state index in [-0.39, 0.29) is 0 Å². The Hall–Kier alpha value is -3.12. The number of halogens is 1. The van der Waals surface area contributed by atoms with Crippen molar-refractivity contribution in [3.05, 3.63) is 71.5 Å².